The Morgan fingerprint density at radius 3 is 2.80 bits per heavy atom. The maximum absolute atomic E-state index is 12.9. The van der Waals surface area contributed by atoms with Gasteiger partial charge in [-0.15, -0.1) is 0 Å². The molecule has 136 valence electrons. The minimum Gasteiger partial charge on any atom is -0.492 e. The lowest BCUT2D eigenvalue weighted by Crippen LogP contribution is -2.53. The van der Waals surface area contributed by atoms with Crippen LogP contribution in [0.5, 0.6) is 5.75 Å². The summed E-state index contributed by atoms with van der Waals surface area (Å²) in [5, 5.41) is 3.83. The van der Waals surface area contributed by atoms with E-state index >= 15 is 0 Å². The van der Waals surface area contributed by atoms with E-state index in [1.54, 1.807) is 30.5 Å². The van der Waals surface area contributed by atoms with Crippen molar-refractivity contribution in [2.45, 2.75) is 24.9 Å². The van der Waals surface area contributed by atoms with Crippen LogP contribution in [0.4, 0.5) is 0 Å². The topological polar surface area (TPSA) is 83.6 Å². The van der Waals surface area contributed by atoms with Crippen LogP contribution in [0.15, 0.2) is 35.4 Å². The van der Waals surface area contributed by atoms with E-state index in [0.29, 0.717) is 23.3 Å². The van der Waals surface area contributed by atoms with E-state index in [1.165, 1.54) is 0 Å². The molecule has 0 saturated carbocycles. The highest BCUT2D eigenvalue weighted by atomic mass is 32.2. The van der Waals surface area contributed by atoms with Crippen LogP contribution < -0.4 is 14.8 Å². The molecule has 1 aromatic carbocycles. The highest BCUT2D eigenvalue weighted by molar-refractivity contribution is 7.89. The number of fused-ring (bicyclic) bond motifs is 1. The molecule has 0 radical (unpaired) electrons. The smallest absolute Gasteiger partial charge is 0.242 e. The van der Waals surface area contributed by atoms with Gasteiger partial charge in [-0.2, -0.15) is 4.72 Å². The summed E-state index contributed by atoms with van der Waals surface area (Å²) in [6.07, 6.45) is 1.36. The average molecular weight is 364 g/mol. The SMILES string of the molecule is CCOc1ccc(S(=O)(=O)NC(C)N2CCNCC2)c2cccnc12. The fourth-order valence-corrected chi connectivity index (χ4v) is 4.49. The number of hydrogen-bond donors (Lipinski definition) is 2. The average Bonchev–Trinajstić information content (AvgIpc) is 2.62. The number of nitrogens with one attached hydrogen (secondary N) is 2. The molecule has 25 heavy (non-hydrogen) atoms. The Kier molecular flexibility index (Phi) is 5.53. The van der Waals surface area contributed by atoms with Crippen molar-refractivity contribution >= 4 is 20.9 Å². The van der Waals surface area contributed by atoms with Crippen LogP contribution in [0.2, 0.25) is 0 Å². The second-order valence-corrected chi connectivity index (χ2v) is 7.66. The van der Waals surface area contributed by atoms with E-state index in [1.807, 2.05) is 13.8 Å². The van der Waals surface area contributed by atoms with E-state index in [0.717, 1.165) is 26.2 Å². The molecule has 1 atom stereocenters. The maximum atomic E-state index is 12.9. The molecule has 3 rings (SSSR count). The molecule has 2 heterocycles. The molecule has 1 aliphatic heterocycles. The van der Waals surface area contributed by atoms with Crippen molar-refractivity contribution in [2.75, 3.05) is 32.8 Å². The third kappa shape index (κ3) is 3.92. The fraction of sp³-hybridized carbons (Fsp3) is 0.471. The van der Waals surface area contributed by atoms with E-state index < -0.39 is 10.0 Å². The molecule has 1 aliphatic rings. The molecule has 0 amide bonds. The Bertz CT molecular complexity index is 835. The zero-order valence-electron chi connectivity index (χ0n) is 14.5. The summed E-state index contributed by atoms with van der Waals surface area (Å²) < 4.78 is 34.3. The van der Waals surface area contributed by atoms with Gasteiger partial charge in [0, 0.05) is 37.8 Å². The predicted molar refractivity (Wildman–Crippen MR) is 97.1 cm³/mol. The molecule has 1 unspecified atom stereocenters. The van der Waals surface area contributed by atoms with Crippen molar-refractivity contribution in [3.63, 3.8) is 0 Å². The molecule has 7 nitrogen and oxygen atoms in total. The number of nitrogens with zero attached hydrogens (tertiary/aromatic N) is 2. The molecular weight excluding hydrogens is 340 g/mol. The first-order chi connectivity index (χ1) is 12.0. The zero-order valence-corrected chi connectivity index (χ0v) is 15.3. The van der Waals surface area contributed by atoms with Crippen LogP contribution in [0, 0.1) is 0 Å². The maximum Gasteiger partial charge on any atom is 0.242 e. The highest BCUT2D eigenvalue weighted by Crippen LogP contribution is 2.29. The third-order valence-corrected chi connectivity index (χ3v) is 5.89. The predicted octanol–water partition coefficient (Wildman–Crippen LogP) is 1.16. The second kappa shape index (κ2) is 7.65. The molecule has 0 aliphatic carbocycles. The highest BCUT2D eigenvalue weighted by Gasteiger charge is 2.25. The Hall–Kier alpha value is -1.74. The van der Waals surface area contributed by atoms with Crippen LogP contribution in [-0.4, -0.2) is 57.3 Å². The lowest BCUT2D eigenvalue weighted by atomic mass is 10.2. The standard InChI is InChI=1S/C17H24N4O3S/c1-3-24-15-6-7-16(14-5-4-8-19-17(14)15)25(22,23)20-13(2)21-11-9-18-10-12-21/h4-8,13,18,20H,3,9-12H2,1-2H3. The van der Waals surface area contributed by atoms with Crippen molar-refractivity contribution in [1.29, 1.82) is 0 Å². The normalized spacial score (nSPS) is 17.5. The Morgan fingerprint density at radius 2 is 2.08 bits per heavy atom. The first kappa shape index (κ1) is 18.1. The number of benzene rings is 1. The summed E-state index contributed by atoms with van der Waals surface area (Å²) in [5.74, 6) is 0.590. The van der Waals surface area contributed by atoms with Gasteiger partial charge in [0.25, 0.3) is 0 Å². The van der Waals surface area contributed by atoms with Crippen molar-refractivity contribution < 1.29 is 13.2 Å². The van der Waals surface area contributed by atoms with Crippen LogP contribution >= 0.6 is 0 Å². The van der Waals surface area contributed by atoms with Crippen molar-refractivity contribution in [1.82, 2.24) is 19.9 Å². The van der Waals surface area contributed by atoms with E-state index in [9.17, 15) is 8.42 Å². The van der Waals surface area contributed by atoms with Gasteiger partial charge in [-0.1, -0.05) is 0 Å². The van der Waals surface area contributed by atoms with Gasteiger partial charge in [-0.25, -0.2) is 8.42 Å². The number of ether oxygens (including phenoxy) is 1. The van der Waals surface area contributed by atoms with Gasteiger partial charge in [0.05, 0.1) is 17.7 Å². The molecule has 1 fully saturated rings. The van der Waals surface area contributed by atoms with Crippen LogP contribution in [-0.2, 0) is 10.0 Å². The molecule has 0 spiro atoms. The summed E-state index contributed by atoms with van der Waals surface area (Å²) in [6, 6.07) is 6.75. The van der Waals surface area contributed by atoms with Crippen LogP contribution in [0.1, 0.15) is 13.8 Å². The minimum atomic E-state index is -3.67. The van der Waals surface area contributed by atoms with E-state index in [-0.39, 0.29) is 11.1 Å². The lowest BCUT2D eigenvalue weighted by molar-refractivity contribution is 0.176. The summed E-state index contributed by atoms with van der Waals surface area (Å²) in [4.78, 5) is 6.64. The molecule has 8 heteroatoms. The molecule has 2 N–H and O–H groups in total. The summed E-state index contributed by atoms with van der Waals surface area (Å²) in [7, 11) is -3.67. The molecule has 1 saturated heterocycles. The number of sulfonamides is 1. The number of aromatic nitrogens is 1. The monoisotopic (exact) mass is 364 g/mol. The minimum absolute atomic E-state index is 0.223. The summed E-state index contributed by atoms with van der Waals surface area (Å²) in [6.45, 7) is 7.61. The molecule has 2 aromatic rings. The van der Waals surface area contributed by atoms with Crippen molar-refractivity contribution in [3.8, 4) is 5.75 Å². The fourth-order valence-electron chi connectivity index (χ4n) is 3.06. The van der Waals surface area contributed by atoms with Gasteiger partial charge >= 0.3 is 0 Å². The van der Waals surface area contributed by atoms with Gasteiger partial charge in [-0.05, 0) is 38.1 Å². The number of piperazine rings is 1. The molecular formula is C17H24N4O3S. The zero-order chi connectivity index (χ0) is 17.9. The van der Waals surface area contributed by atoms with Gasteiger partial charge in [0.1, 0.15) is 11.3 Å². The van der Waals surface area contributed by atoms with Crippen LogP contribution in [0.25, 0.3) is 10.9 Å². The summed E-state index contributed by atoms with van der Waals surface area (Å²) >= 11 is 0. The molecule has 1 aromatic heterocycles. The van der Waals surface area contributed by atoms with Gasteiger partial charge in [-0.3, -0.25) is 9.88 Å². The second-order valence-electron chi connectivity index (χ2n) is 5.98. The van der Waals surface area contributed by atoms with Crippen molar-refractivity contribution in [3.05, 3.63) is 30.5 Å². The number of pyridine rings is 1. The number of rotatable bonds is 6. The first-order valence-corrected chi connectivity index (χ1v) is 9.99. The van der Waals surface area contributed by atoms with Gasteiger partial charge in [0.15, 0.2) is 0 Å². The largest absolute Gasteiger partial charge is 0.492 e. The first-order valence-electron chi connectivity index (χ1n) is 8.50. The lowest BCUT2D eigenvalue weighted by Gasteiger charge is -2.33. The van der Waals surface area contributed by atoms with Crippen molar-refractivity contribution in [2.24, 2.45) is 0 Å². The van der Waals surface area contributed by atoms with Crippen LogP contribution in [0.3, 0.4) is 0 Å². The van der Waals surface area contributed by atoms with E-state index in [2.05, 4.69) is 19.9 Å². The van der Waals surface area contributed by atoms with E-state index in [4.69, 9.17) is 4.74 Å². The Balaban J connectivity index is 1.93. The van der Waals surface area contributed by atoms with Gasteiger partial charge in [0.2, 0.25) is 10.0 Å². The quantitative estimate of drug-likeness (QED) is 0.800. The number of hydrogen-bond acceptors (Lipinski definition) is 6. The molecule has 0 bridgehead atoms. The summed E-state index contributed by atoms with van der Waals surface area (Å²) in [5.41, 5.74) is 0.557. The Labute approximate surface area is 148 Å². The van der Waals surface area contributed by atoms with Gasteiger partial charge < -0.3 is 10.1 Å². The Morgan fingerprint density at radius 1 is 1.32 bits per heavy atom. The third-order valence-electron chi connectivity index (χ3n) is 4.31.